The molecule has 0 radical (unpaired) electrons. The Bertz CT molecular complexity index is 572. The third kappa shape index (κ3) is 4.22. The van der Waals surface area contributed by atoms with E-state index in [2.05, 4.69) is 29.3 Å². The van der Waals surface area contributed by atoms with E-state index < -0.39 is 0 Å². The molecule has 2 unspecified atom stereocenters. The molecule has 0 aliphatic carbocycles. The fourth-order valence-corrected chi connectivity index (χ4v) is 3.28. The van der Waals surface area contributed by atoms with Crippen LogP contribution in [0.4, 0.5) is 0 Å². The molecule has 114 valence electrons. The highest BCUT2D eigenvalue weighted by Crippen LogP contribution is 2.29. The zero-order chi connectivity index (χ0) is 15.2. The van der Waals surface area contributed by atoms with Crippen LogP contribution < -0.4 is 5.32 Å². The summed E-state index contributed by atoms with van der Waals surface area (Å²) in [5.74, 6) is 2.24. The molecule has 0 spiro atoms. The molecular weight excluding hydrogens is 306 g/mol. The molecule has 1 N–H and O–H groups in total. The van der Waals surface area contributed by atoms with Crippen LogP contribution in [0.15, 0.2) is 33.7 Å². The van der Waals surface area contributed by atoms with Gasteiger partial charge in [0.1, 0.15) is 0 Å². The Morgan fingerprint density at radius 3 is 2.81 bits per heavy atom. The predicted octanol–water partition coefficient (Wildman–Crippen LogP) is 4.12. The second-order valence-electron chi connectivity index (χ2n) is 4.86. The molecule has 2 atom stereocenters. The van der Waals surface area contributed by atoms with E-state index in [0.717, 1.165) is 16.3 Å². The third-order valence-corrected chi connectivity index (χ3v) is 4.99. The highest BCUT2D eigenvalue weighted by atomic mass is 35.5. The van der Waals surface area contributed by atoms with E-state index in [1.807, 2.05) is 31.3 Å². The van der Waals surface area contributed by atoms with Crippen molar-refractivity contribution in [2.24, 2.45) is 0 Å². The number of aromatic nitrogens is 2. The van der Waals surface area contributed by atoms with Crippen LogP contribution in [0, 0.1) is 0 Å². The van der Waals surface area contributed by atoms with Gasteiger partial charge in [-0.3, -0.25) is 0 Å². The van der Waals surface area contributed by atoms with Gasteiger partial charge < -0.3 is 9.84 Å². The van der Waals surface area contributed by atoms with E-state index in [1.165, 1.54) is 0 Å². The van der Waals surface area contributed by atoms with Crippen molar-refractivity contribution in [3.05, 3.63) is 41.0 Å². The lowest BCUT2D eigenvalue weighted by atomic mass is 10.00. The molecule has 0 aliphatic heterocycles. The maximum atomic E-state index is 6.13. The van der Waals surface area contributed by atoms with E-state index in [9.17, 15) is 0 Å². The number of rotatable bonds is 7. The number of hydrogen-bond acceptors (Lipinski definition) is 5. The summed E-state index contributed by atoms with van der Waals surface area (Å²) >= 11 is 7.74. The molecule has 0 saturated carbocycles. The van der Waals surface area contributed by atoms with E-state index in [1.54, 1.807) is 11.8 Å². The Morgan fingerprint density at radius 1 is 1.38 bits per heavy atom. The molecule has 0 amide bonds. The smallest absolute Gasteiger partial charge is 0.231 e. The first-order chi connectivity index (χ1) is 10.2. The fraction of sp³-hybridized carbons (Fsp3) is 0.467. The van der Waals surface area contributed by atoms with Gasteiger partial charge in [0, 0.05) is 10.9 Å². The molecule has 6 heteroatoms. The van der Waals surface area contributed by atoms with E-state index in [0.29, 0.717) is 23.5 Å². The van der Waals surface area contributed by atoms with Crippen LogP contribution in [0.5, 0.6) is 0 Å². The Morgan fingerprint density at radius 2 is 2.14 bits per heavy atom. The maximum Gasteiger partial charge on any atom is 0.231 e. The minimum absolute atomic E-state index is 0.201. The molecule has 0 bridgehead atoms. The minimum Gasteiger partial charge on any atom is -0.339 e. The predicted molar refractivity (Wildman–Crippen MR) is 86.9 cm³/mol. The summed E-state index contributed by atoms with van der Waals surface area (Å²) in [5, 5.41) is 8.08. The molecule has 2 rings (SSSR count). The standard InChI is InChI=1S/C15H20ClN3OS/c1-4-12(17-3)10(2)15-18-14(19-20-15)9-21-13-8-6-5-7-11(13)16/h5-8,10,12,17H,4,9H2,1-3H3. The van der Waals surface area contributed by atoms with Gasteiger partial charge in [0.05, 0.1) is 16.7 Å². The van der Waals surface area contributed by atoms with Gasteiger partial charge in [-0.15, -0.1) is 11.8 Å². The second kappa shape index (κ2) is 7.82. The topological polar surface area (TPSA) is 51.0 Å². The number of benzene rings is 1. The van der Waals surface area contributed by atoms with Crippen LogP contribution in [0.3, 0.4) is 0 Å². The normalized spacial score (nSPS) is 14.1. The van der Waals surface area contributed by atoms with E-state index in [-0.39, 0.29) is 5.92 Å². The number of likely N-dealkylation sites (N-methyl/N-ethyl adjacent to an activating group) is 1. The van der Waals surface area contributed by atoms with Gasteiger partial charge >= 0.3 is 0 Å². The van der Waals surface area contributed by atoms with Gasteiger partial charge in [-0.1, -0.05) is 42.7 Å². The van der Waals surface area contributed by atoms with Crippen LogP contribution in [-0.4, -0.2) is 23.2 Å². The summed E-state index contributed by atoms with van der Waals surface area (Å²) in [6.45, 7) is 4.24. The molecule has 1 heterocycles. The maximum absolute atomic E-state index is 6.13. The summed E-state index contributed by atoms with van der Waals surface area (Å²) in [7, 11) is 1.95. The number of nitrogens with one attached hydrogen (secondary N) is 1. The fourth-order valence-electron chi connectivity index (χ4n) is 2.19. The van der Waals surface area contributed by atoms with E-state index >= 15 is 0 Å². The molecule has 21 heavy (non-hydrogen) atoms. The Hall–Kier alpha value is -1.04. The van der Waals surface area contributed by atoms with Gasteiger partial charge in [-0.2, -0.15) is 4.98 Å². The van der Waals surface area contributed by atoms with Crippen molar-refractivity contribution in [3.8, 4) is 0 Å². The molecule has 4 nitrogen and oxygen atoms in total. The largest absolute Gasteiger partial charge is 0.339 e. The average molecular weight is 326 g/mol. The Balaban J connectivity index is 1.99. The zero-order valence-electron chi connectivity index (χ0n) is 12.5. The van der Waals surface area contributed by atoms with Crippen molar-refractivity contribution in [1.29, 1.82) is 0 Å². The second-order valence-corrected chi connectivity index (χ2v) is 6.28. The van der Waals surface area contributed by atoms with Gasteiger partial charge in [0.2, 0.25) is 5.89 Å². The molecule has 0 fully saturated rings. The lowest BCUT2D eigenvalue weighted by molar-refractivity contribution is 0.324. The van der Waals surface area contributed by atoms with Crippen LogP contribution >= 0.6 is 23.4 Å². The summed E-state index contributed by atoms with van der Waals surface area (Å²) in [6.07, 6.45) is 1.02. The Kier molecular flexibility index (Phi) is 6.08. The van der Waals surface area contributed by atoms with Gasteiger partial charge in [0.15, 0.2) is 5.82 Å². The molecule has 1 aromatic carbocycles. The first kappa shape index (κ1) is 16.3. The molecule has 0 aliphatic rings. The monoisotopic (exact) mass is 325 g/mol. The quantitative estimate of drug-likeness (QED) is 0.776. The first-order valence-corrected chi connectivity index (χ1v) is 8.39. The number of thioether (sulfide) groups is 1. The summed E-state index contributed by atoms with van der Waals surface area (Å²) in [6, 6.07) is 8.10. The SMILES string of the molecule is CCC(NC)C(C)c1nc(CSc2ccccc2Cl)no1. The zero-order valence-corrected chi connectivity index (χ0v) is 14.0. The highest BCUT2D eigenvalue weighted by Gasteiger charge is 2.21. The van der Waals surface area contributed by atoms with Crippen molar-refractivity contribution in [1.82, 2.24) is 15.5 Å². The van der Waals surface area contributed by atoms with Crippen LogP contribution in [-0.2, 0) is 5.75 Å². The average Bonchev–Trinajstić information content (AvgIpc) is 2.96. The number of halogens is 1. The molecule has 0 saturated heterocycles. The lowest BCUT2D eigenvalue weighted by Gasteiger charge is -2.18. The van der Waals surface area contributed by atoms with Crippen molar-refractivity contribution in [3.63, 3.8) is 0 Å². The highest BCUT2D eigenvalue weighted by molar-refractivity contribution is 7.98. The number of hydrogen-bond donors (Lipinski definition) is 1. The molecule has 2 aromatic rings. The summed E-state index contributed by atoms with van der Waals surface area (Å²) in [5.41, 5.74) is 0. The van der Waals surface area contributed by atoms with Gasteiger partial charge in [-0.25, -0.2) is 0 Å². The molecule has 1 aromatic heterocycles. The van der Waals surface area contributed by atoms with E-state index in [4.69, 9.17) is 16.1 Å². The lowest BCUT2D eigenvalue weighted by Crippen LogP contribution is -2.30. The number of nitrogens with zero attached hydrogens (tertiary/aromatic N) is 2. The van der Waals surface area contributed by atoms with Gasteiger partial charge in [0.25, 0.3) is 0 Å². The van der Waals surface area contributed by atoms with Crippen molar-refractivity contribution in [2.45, 2.75) is 42.9 Å². The summed E-state index contributed by atoms with van der Waals surface area (Å²) < 4.78 is 5.38. The van der Waals surface area contributed by atoms with Crippen molar-refractivity contribution >= 4 is 23.4 Å². The Labute approximate surface area is 134 Å². The van der Waals surface area contributed by atoms with Crippen LogP contribution in [0.2, 0.25) is 5.02 Å². The van der Waals surface area contributed by atoms with Gasteiger partial charge in [-0.05, 0) is 25.6 Å². The van der Waals surface area contributed by atoms with Crippen LogP contribution in [0.1, 0.15) is 37.9 Å². The van der Waals surface area contributed by atoms with Crippen LogP contribution in [0.25, 0.3) is 0 Å². The molecular formula is C15H20ClN3OS. The third-order valence-electron chi connectivity index (χ3n) is 3.48. The minimum atomic E-state index is 0.201. The summed E-state index contributed by atoms with van der Waals surface area (Å²) in [4.78, 5) is 5.52. The first-order valence-electron chi connectivity index (χ1n) is 7.02. The van der Waals surface area contributed by atoms with Crippen molar-refractivity contribution < 1.29 is 4.52 Å². The van der Waals surface area contributed by atoms with Crippen molar-refractivity contribution in [2.75, 3.05) is 7.05 Å².